The highest BCUT2D eigenvalue weighted by Gasteiger charge is 2.13. The highest BCUT2D eigenvalue weighted by molar-refractivity contribution is 6.33. The van der Waals surface area contributed by atoms with Crippen LogP contribution in [-0.4, -0.2) is 0 Å². The molecule has 0 saturated heterocycles. The van der Waals surface area contributed by atoms with Gasteiger partial charge in [-0.3, -0.25) is 0 Å². The van der Waals surface area contributed by atoms with Crippen LogP contribution >= 0.6 is 11.6 Å². The highest BCUT2D eigenvalue weighted by Crippen LogP contribution is 2.36. The lowest BCUT2D eigenvalue weighted by Crippen LogP contribution is -1.98. The van der Waals surface area contributed by atoms with Crippen molar-refractivity contribution in [3.63, 3.8) is 0 Å². The van der Waals surface area contributed by atoms with Crippen molar-refractivity contribution in [2.45, 2.75) is 34.2 Å². The summed E-state index contributed by atoms with van der Waals surface area (Å²) in [5.41, 5.74) is 14.3. The zero-order valence-electron chi connectivity index (χ0n) is 12.0. The van der Waals surface area contributed by atoms with Gasteiger partial charge in [0, 0.05) is 17.1 Å². The average molecular weight is 274 g/mol. The largest absolute Gasteiger partial charge is 0.326 e. The fourth-order valence-corrected chi connectivity index (χ4v) is 2.81. The predicted molar refractivity (Wildman–Crippen MR) is 83.7 cm³/mol. The van der Waals surface area contributed by atoms with Gasteiger partial charge in [0.05, 0.1) is 0 Å². The van der Waals surface area contributed by atoms with Crippen molar-refractivity contribution in [3.8, 4) is 11.1 Å². The zero-order chi connectivity index (χ0) is 14.2. The Bertz CT molecular complexity index is 603. The molecular weight excluding hydrogens is 254 g/mol. The van der Waals surface area contributed by atoms with Crippen molar-refractivity contribution < 1.29 is 0 Å². The molecule has 0 aromatic heterocycles. The van der Waals surface area contributed by atoms with Crippen molar-refractivity contribution in [3.05, 3.63) is 57.1 Å². The Labute approximate surface area is 120 Å². The summed E-state index contributed by atoms with van der Waals surface area (Å²) in [6.07, 6.45) is 0. The van der Waals surface area contributed by atoms with Gasteiger partial charge in [0.25, 0.3) is 0 Å². The lowest BCUT2D eigenvalue weighted by Gasteiger charge is -2.17. The quantitative estimate of drug-likeness (QED) is 0.843. The van der Waals surface area contributed by atoms with Crippen LogP contribution in [0.2, 0.25) is 5.02 Å². The summed E-state index contributed by atoms with van der Waals surface area (Å²) in [6.45, 7) is 9.13. The summed E-state index contributed by atoms with van der Waals surface area (Å²) in [5, 5.41) is 0.777. The topological polar surface area (TPSA) is 26.0 Å². The predicted octanol–water partition coefficient (Wildman–Crippen LogP) is 4.70. The summed E-state index contributed by atoms with van der Waals surface area (Å²) in [4.78, 5) is 0. The molecule has 2 N–H and O–H groups in total. The fourth-order valence-electron chi connectivity index (χ4n) is 2.51. The Morgan fingerprint density at radius 3 is 2.00 bits per heavy atom. The minimum absolute atomic E-state index is 0.519. The third-order valence-corrected chi connectivity index (χ3v) is 4.22. The van der Waals surface area contributed by atoms with Crippen LogP contribution in [0.5, 0.6) is 0 Å². The minimum atomic E-state index is 0.519. The first kappa shape index (κ1) is 14.1. The number of halogens is 1. The number of hydrogen-bond donors (Lipinski definition) is 1. The molecule has 0 heterocycles. The summed E-state index contributed by atoms with van der Waals surface area (Å²) in [7, 11) is 0. The summed E-state index contributed by atoms with van der Waals surface area (Å²) in [5.74, 6) is 0. The number of nitrogens with two attached hydrogens (primary N) is 1. The maximum absolute atomic E-state index is 6.44. The standard InChI is InChI=1S/C17H20ClN/c1-10-7-11(2)13(4)17(12(10)3)15-6-5-14(9-19)8-16(15)18/h5-8H,9,19H2,1-4H3. The second kappa shape index (κ2) is 5.36. The first-order valence-corrected chi connectivity index (χ1v) is 6.89. The molecule has 2 rings (SSSR count). The van der Waals surface area contributed by atoms with E-state index < -0.39 is 0 Å². The number of benzene rings is 2. The first-order valence-electron chi connectivity index (χ1n) is 6.52. The summed E-state index contributed by atoms with van der Waals surface area (Å²) < 4.78 is 0. The maximum atomic E-state index is 6.44. The van der Waals surface area contributed by atoms with E-state index in [1.54, 1.807) is 0 Å². The van der Waals surface area contributed by atoms with Crippen molar-refractivity contribution in [2.24, 2.45) is 5.73 Å². The van der Waals surface area contributed by atoms with Crippen LogP contribution in [-0.2, 0) is 6.54 Å². The first-order chi connectivity index (χ1) is 8.95. The molecule has 100 valence electrons. The molecule has 0 unspecified atom stereocenters. The van der Waals surface area contributed by atoms with E-state index >= 15 is 0 Å². The maximum Gasteiger partial charge on any atom is 0.0487 e. The van der Waals surface area contributed by atoms with Gasteiger partial charge in [0.15, 0.2) is 0 Å². The van der Waals surface area contributed by atoms with Gasteiger partial charge in [0.2, 0.25) is 0 Å². The van der Waals surface area contributed by atoms with Gasteiger partial charge in [-0.1, -0.05) is 29.8 Å². The van der Waals surface area contributed by atoms with Gasteiger partial charge >= 0.3 is 0 Å². The second-order valence-electron chi connectivity index (χ2n) is 5.15. The van der Waals surface area contributed by atoms with E-state index in [2.05, 4.69) is 45.9 Å². The molecule has 2 aromatic rings. The summed E-state index contributed by atoms with van der Waals surface area (Å²) in [6, 6.07) is 8.33. The molecule has 19 heavy (non-hydrogen) atoms. The normalized spacial score (nSPS) is 10.8. The van der Waals surface area contributed by atoms with E-state index in [0.717, 1.165) is 16.1 Å². The molecule has 0 aliphatic rings. The van der Waals surface area contributed by atoms with Crippen molar-refractivity contribution in [1.29, 1.82) is 0 Å². The molecule has 0 fully saturated rings. The molecule has 1 nitrogen and oxygen atoms in total. The molecule has 2 heteroatoms. The van der Waals surface area contributed by atoms with Gasteiger partial charge in [-0.2, -0.15) is 0 Å². The molecule has 0 spiro atoms. The van der Waals surface area contributed by atoms with Crippen LogP contribution in [0.3, 0.4) is 0 Å². The van der Waals surface area contributed by atoms with E-state index in [0.29, 0.717) is 6.54 Å². The van der Waals surface area contributed by atoms with Crippen LogP contribution in [0.4, 0.5) is 0 Å². The molecule has 0 saturated carbocycles. The Kier molecular flexibility index (Phi) is 3.98. The van der Waals surface area contributed by atoms with Crippen LogP contribution in [0, 0.1) is 27.7 Å². The van der Waals surface area contributed by atoms with Gasteiger partial charge < -0.3 is 5.73 Å². The summed E-state index contributed by atoms with van der Waals surface area (Å²) >= 11 is 6.44. The molecule has 0 bridgehead atoms. The molecule has 0 radical (unpaired) electrons. The van der Waals surface area contributed by atoms with Gasteiger partial charge in [0.1, 0.15) is 0 Å². The SMILES string of the molecule is Cc1cc(C)c(C)c(-c2ccc(CN)cc2Cl)c1C. The van der Waals surface area contributed by atoms with Gasteiger partial charge in [-0.25, -0.2) is 0 Å². The Hall–Kier alpha value is -1.31. The van der Waals surface area contributed by atoms with E-state index in [1.807, 2.05) is 6.07 Å². The van der Waals surface area contributed by atoms with E-state index in [9.17, 15) is 0 Å². The Morgan fingerprint density at radius 2 is 1.53 bits per heavy atom. The third kappa shape index (κ3) is 2.54. The van der Waals surface area contributed by atoms with E-state index in [1.165, 1.54) is 27.8 Å². The molecule has 0 aliphatic heterocycles. The Balaban J connectivity index is 2.72. The lowest BCUT2D eigenvalue weighted by atomic mass is 9.89. The minimum Gasteiger partial charge on any atom is -0.326 e. The molecule has 0 atom stereocenters. The van der Waals surface area contributed by atoms with Gasteiger partial charge in [-0.05, 0) is 67.1 Å². The molecular formula is C17H20ClN. The van der Waals surface area contributed by atoms with Crippen LogP contribution < -0.4 is 5.73 Å². The van der Waals surface area contributed by atoms with E-state index in [-0.39, 0.29) is 0 Å². The second-order valence-corrected chi connectivity index (χ2v) is 5.56. The average Bonchev–Trinajstić information content (AvgIpc) is 2.38. The fraction of sp³-hybridized carbons (Fsp3) is 0.294. The van der Waals surface area contributed by atoms with Crippen LogP contribution in [0.25, 0.3) is 11.1 Å². The van der Waals surface area contributed by atoms with Crippen molar-refractivity contribution in [1.82, 2.24) is 0 Å². The zero-order valence-corrected chi connectivity index (χ0v) is 12.7. The molecule has 0 aliphatic carbocycles. The number of hydrogen-bond acceptors (Lipinski definition) is 1. The number of aryl methyl sites for hydroxylation is 2. The smallest absolute Gasteiger partial charge is 0.0487 e. The third-order valence-electron chi connectivity index (χ3n) is 3.90. The monoisotopic (exact) mass is 273 g/mol. The van der Waals surface area contributed by atoms with E-state index in [4.69, 9.17) is 17.3 Å². The lowest BCUT2D eigenvalue weighted by molar-refractivity contribution is 1.07. The van der Waals surface area contributed by atoms with Gasteiger partial charge in [-0.15, -0.1) is 0 Å². The van der Waals surface area contributed by atoms with Crippen LogP contribution in [0.15, 0.2) is 24.3 Å². The Morgan fingerprint density at radius 1 is 0.947 bits per heavy atom. The molecule has 0 amide bonds. The number of rotatable bonds is 2. The highest BCUT2D eigenvalue weighted by atomic mass is 35.5. The molecule has 2 aromatic carbocycles. The van der Waals surface area contributed by atoms with Crippen molar-refractivity contribution in [2.75, 3.05) is 0 Å². The van der Waals surface area contributed by atoms with Crippen LogP contribution in [0.1, 0.15) is 27.8 Å². The van der Waals surface area contributed by atoms with Crippen molar-refractivity contribution >= 4 is 11.6 Å².